The van der Waals surface area contributed by atoms with Crippen LogP contribution >= 0.6 is 0 Å². The van der Waals surface area contributed by atoms with Gasteiger partial charge >= 0.3 is 0 Å². The van der Waals surface area contributed by atoms with Crippen LogP contribution in [-0.4, -0.2) is 36.1 Å². The van der Waals surface area contributed by atoms with Gasteiger partial charge in [-0.2, -0.15) is 0 Å². The first-order chi connectivity index (χ1) is 10.6. The predicted octanol–water partition coefficient (Wildman–Crippen LogP) is 0.996. The van der Waals surface area contributed by atoms with Crippen molar-refractivity contribution in [3.63, 3.8) is 0 Å². The lowest BCUT2D eigenvalue weighted by Gasteiger charge is -2.09. The average molecular weight is 300 g/mol. The molecule has 0 aromatic heterocycles. The Labute approximate surface area is 129 Å². The summed E-state index contributed by atoms with van der Waals surface area (Å²) in [5, 5.41) is 16.3. The number of benzene rings is 2. The summed E-state index contributed by atoms with van der Waals surface area (Å²) >= 11 is 0. The lowest BCUT2D eigenvalue weighted by molar-refractivity contribution is -0.125. The van der Waals surface area contributed by atoms with E-state index in [0.29, 0.717) is 0 Å². The number of fused-ring (bicyclic) bond motifs is 1. The Bertz CT molecular complexity index is 663. The fraction of sp³-hybridized carbons (Fsp3) is 0.294. The quantitative estimate of drug-likeness (QED) is 0.744. The molecule has 1 unspecified atom stereocenters. The summed E-state index contributed by atoms with van der Waals surface area (Å²) in [5.41, 5.74) is 0.931. The van der Waals surface area contributed by atoms with E-state index in [-0.39, 0.29) is 31.3 Å². The summed E-state index contributed by atoms with van der Waals surface area (Å²) in [4.78, 5) is 23.4. The van der Waals surface area contributed by atoms with E-state index >= 15 is 0 Å². The zero-order valence-electron chi connectivity index (χ0n) is 12.5. The smallest absolute Gasteiger partial charge is 0.239 e. The standard InChI is InChI=1S/C17H20N2O3/c1-12(20)10-18-17(22)11-19-16(21)9-14-7-4-6-13-5-2-3-8-15(13)14/h2-8,12,20H,9-11H2,1H3,(H,18,22)(H,19,21). The van der Waals surface area contributed by atoms with E-state index < -0.39 is 6.10 Å². The molecule has 0 aliphatic carbocycles. The van der Waals surface area contributed by atoms with Crippen molar-refractivity contribution >= 4 is 22.6 Å². The molecule has 1 atom stereocenters. The highest BCUT2D eigenvalue weighted by Crippen LogP contribution is 2.18. The van der Waals surface area contributed by atoms with Crippen molar-refractivity contribution in [1.82, 2.24) is 10.6 Å². The third-order valence-corrected chi connectivity index (χ3v) is 3.27. The number of aliphatic hydroxyl groups excluding tert-OH is 1. The van der Waals surface area contributed by atoms with Gasteiger partial charge in [-0.3, -0.25) is 9.59 Å². The number of hydrogen-bond acceptors (Lipinski definition) is 3. The Kier molecular flexibility index (Phi) is 5.49. The number of hydrogen-bond donors (Lipinski definition) is 3. The van der Waals surface area contributed by atoms with E-state index in [4.69, 9.17) is 5.11 Å². The lowest BCUT2D eigenvalue weighted by Crippen LogP contribution is -2.39. The van der Waals surface area contributed by atoms with E-state index in [1.807, 2.05) is 42.5 Å². The van der Waals surface area contributed by atoms with Gasteiger partial charge < -0.3 is 15.7 Å². The number of carbonyl (C=O) groups excluding carboxylic acids is 2. The zero-order valence-corrected chi connectivity index (χ0v) is 12.5. The molecule has 0 fully saturated rings. The van der Waals surface area contributed by atoms with E-state index in [0.717, 1.165) is 16.3 Å². The van der Waals surface area contributed by atoms with Crippen LogP contribution in [0.1, 0.15) is 12.5 Å². The lowest BCUT2D eigenvalue weighted by atomic mass is 10.0. The van der Waals surface area contributed by atoms with Crippen LogP contribution in [0.15, 0.2) is 42.5 Å². The molecular formula is C17H20N2O3. The Morgan fingerprint density at radius 2 is 1.77 bits per heavy atom. The van der Waals surface area contributed by atoms with Gasteiger partial charge in [-0.25, -0.2) is 0 Å². The number of carbonyl (C=O) groups is 2. The monoisotopic (exact) mass is 300 g/mol. The molecule has 0 saturated carbocycles. The first kappa shape index (κ1) is 16.0. The van der Waals surface area contributed by atoms with Crippen molar-refractivity contribution < 1.29 is 14.7 Å². The van der Waals surface area contributed by atoms with Crippen LogP contribution in [0.5, 0.6) is 0 Å². The molecule has 0 aliphatic rings. The molecule has 0 spiro atoms. The minimum absolute atomic E-state index is 0.0870. The van der Waals surface area contributed by atoms with Crippen LogP contribution in [0.3, 0.4) is 0 Å². The molecule has 22 heavy (non-hydrogen) atoms. The highest BCUT2D eigenvalue weighted by molar-refractivity contribution is 5.91. The third kappa shape index (κ3) is 4.56. The molecule has 2 rings (SSSR count). The number of amides is 2. The topological polar surface area (TPSA) is 78.4 Å². The molecule has 5 nitrogen and oxygen atoms in total. The first-order valence-corrected chi connectivity index (χ1v) is 7.24. The molecule has 0 aliphatic heterocycles. The van der Waals surface area contributed by atoms with Crippen LogP contribution in [0.4, 0.5) is 0 Å². The normalized spacial score (nSPS) is 11.9. The number of aliphatic hydroxyl groups is 1. The predicted molar refractivity (Wildman–Crippen MR) is 85.4 cm³/mol. The average Bonchev–Trinajstić information content (AvgIpc) is 2.51. The maximum absolute atomic E-state index is 12.0. The maximum Gasteiger partial charge on any atom is 0.239 e. The number of rotatable bonds is 6. The van der Waals surface area contributed by atoms with E-state index in [9.17, 15) is 9.59 Å². The summed E-state index contributed by atoms with van der Waals surface area (Å²) in [7, 11) is 0. The van der Waals surface area contributed by atoms with Gasteiger partial charge in [0.15, 0.2) is 0 Å². The largest absolute Gasteiger partial charge is 0.392 e. The van der Waals surface area contributed by atoms with Crippen LogP contribution in [0, 0.1) is 0 Å². The first-order valence-electron chi connectivity index (χ1n) is 7.24. The molecule has 0 heterocycles. The summed E-state index contributed by atoms with van der Waals surface area (Å²) < 4.78 is 0. The second-order valence-corrected chi connectivity index (χ2v) is 5.24. The molecule has 2 amide bonds. The van der Waals surface area contributed by atoms with Crippen molar-refractivity contribution in [2.75, 3.05) is 13.1 Å². The molecule has 116 valence electrons. The van der Waals surface area contributed by atoms with Gasteiger partial charge in [-0.1, -0.05) is 42.5 Å². The summed E-state index contributed by atoms with van der Waals surface area (Å²) in [5.74, 6) is -0.518. The second-order valence-electron chi connectivity index (χ2n) is 5.24. The van der Waals surface area contributed by atoms with Crippen molar-refractivity contribution in [3.05, 3.63) is 48.0 Å². The van der Waals surface area contributed by atoms with E-state index in [1.165, 1.54) is 0 Å². The van der Waals surface area contributed by atoms with Gasteiger partial charge in [0.25, 0.3) is 0 Å². The van der Waals surface area contributed by atoms with Gasteiger partial charge in [-0.05, 0) is 23.3 Å². The fourth-order valence-corrected chi connectivity index (χ4v) is 2.19. The second kappa shape index (κ2) is 7.56. The van der Waals surface area contributed by atoms with Gasteiger partial charge in [0, 0.05) is 6.54 Å². The molecule has 5 heteroatoms. The summed E-state index contributed by atoms with van der Waals surface area (Å²) in [6, 6.07) is 13.7. The van der Waals surface area contributed by atoms with Gasteiger partial charge in [0.05, 0.1) is 19.1 Å². The number of nitrogens with one attached hydrogen (secondary N) is 2. The summed E-state index contributed by atoms with van der Waals surface area (Å²) in [6.45, 7) is 1.67. The van der Waals surface area contributed by atoms with Crippen molar-refractivity contribution in [1.29, 1.82) is 0 Å². The third-order valence-electron chi connectivity index (χ3n) is 3.27. The zero-order chi connectivity index (χ0) is 15.9. The van der Waals surface area contributed by atoms with Gasteiger partial charge in [0.2, 0.25) is 11.8 Å². The van der Waals surface area contributed by atoms with Gasteiger partial charge in [0.1, 0.15) is 0 Å². The van der Waals surface area contributed by atoms with Crippen LogP contribution in [0.25, 0.3) is 10.8 Å². The molecule has 2 aromatic carbocycles. The highest BCUT2D eigenvalue weighted by atomic mass is 16.3. The van der Waals surface area contributed by atoms with E-state index in [2.05, 4.69) is 10.6 Å². The molecule has 2 aromatic rings. The minimum atomic E-state index is -0.602. The molecule has 0 saturated heterocycles. The van der Waals surface area contributed by atoms with Crippen LogP contribution in [-0.2, 0) is 16.0 Å². The molecule has 0 bridgehead atoms. The Morgan fingerprint density at radius 3 is 2.55 bits per heavy atom. The Morgan fingerprint density at radius 1 is 1.05 bits per heavy atom. The Balaban J connectivity index is 1.90. The molecule has 0 radical (unpaired) electrons. The van der Waals surface area contributed by atoms with Crippen molar-refractivity contribution in [2.24, 2.45) is 0 Å². The van der Waals surface area contributed by atoms with Gasteiger partial charge in [-0.15, -0.1) is 0 Å². The van der Waals surface area contributed by atoms with E-state index in [1.54, 1.807) is 6.92 Å². The van der Waals surface area contributed by atoms with Crippen LogP contribution in [0.2, 0.25) is 0 Å². The SMILES string of the molecule is CC(O)CNC(=O)CNC(=O)Cc1cccc2ccccc12. The molecule has 3 N–H and O–H groups in total. The minimum Gasteiger partial charge on any atom is -0.392 e. The van der Waals surface area contributed by atoms with Crippen LogP contribution < -0.4 is 10.6 Å². The van der Waals surface area contributed by atoms with Crippen molar-refractivity contribution in [2.45, 2.75) is 19.4 Å². The Hall–Kier alpha value is -2.40. The molecular weight excluding hydrogens is 280 g/mol. The summed E-state index contributed by atoms with van der Waals surface area (Å²) in [6.07, 6.45) is -0.374. The fourth-order valence-electron chi connectivity index (χ4n) is 2.19. The maximum atomic E-state index is 12.0. The van der Waals surface area contributed by atoms with Crippen molar-refractivity contribution in [3.8, 4) is 0 Å². The highest BCUT2D eigenvalue weighted by Gasteiger charge is 2.09.